The zero-order valence-electron chi connectivity index (χ0n) is 10.7. The Hall–Kier alpha value is -2.49. The second kappa shape index (κ2) is 5.91. The molecule has 0 aromatic carbocycles. The van der Waals surface area contributed by atoms with Gasteiger partial charge in [0.15, 0.2) is 0 Å². The van der Waals surface area contributed by atoms with E-state index >= 15 is 0 Å². The Morgan fingerprint density at radius 1 is 1.42 bits per heavy atom. The van der Waals surface area contributed by atoms with Gasteiger partial charge in [0.05, 0.1) is 18.0 Å². The van der Waals surface area contributed by atoms with Crippen molar-refractivity contribution in [3.63, 3.8) is 0 Å². The van der Waals surface area contributed by atoms with Crippen molar-refractivity contribution < 1.29 is 4.79 Å². The average Bonchev–Trinajstić information content (AvgIpc) is 2.43. The fraction of sp³-hybridized carbons (Fsp3) is 0.133. The van der Waals surface area contributed by atoms with Crippen LogP contribution in [0.2, 0.25) is 0 Å². The van der Waals surface area contributed by atoms with E-state index in [9.17, 15) is 4.79 Å². The first kappa shape index (κ1) is 13.0. The van der Waals surface area contributed by atoms with Crippen LogP contribution >= 0.6 is 0 Å². The number of rotatable bonds is 4. The maximum atomic E-state index is 10.7. The normalized spacial score (nSPS) is 16.4. The Morgan fingerprint density at radius 3 is 3.05 bits per heavy atom. The maximum Gasteiger partial charge on any atom is 0.150 e. The summed E-state index contributed by atoms with van der Waals surface area (Å²) in [7, 11) is 0. The Balaban J connectivity index is 2.01. The van der Waals surface area contributed by atoms with Gasteiger partial charge in [-0.25, -0.2) is 0 Å². The van der Waals surface area contributed by atoms with Gasteiger partial charge in [0, 0.05) is 23.5 Å². The predicted octanol–water partition coefficient (Wildman–Crippen LogP) is 2.40. The molecule has 1 heterocycles. The number of aldehydes is 1. The average molecular weight is 253 g/mol. The highest BCUT2D eigenvalue weighted by atomic mass is 16.1. The third-order valence-electron chi connectivity index (χ3n) is 2.72. The molecule has 96 valence electrons. The number of allylic oxidation sites excluding steroid dienone is 5. The zero-order valence-corrected chi connectivity index (χ0v) is 10.7. The van der Waals surface area contributed by atoms with Crippen molar-refractivity contribution in [1.82, 2.24) is 10.3 Å². The highest BCUT2D eigenvalue weighted by Crippen LogP contribution is 2.11. The van der Waals surface area contributed by atoms with E-state index in [1.54, 1.807) is 30.6 Å². The summed E-state index contributed by atoms with van der Waals surface area (Å²) in [6, 6.07) is 3.41. The van der Waals surface area contributed by atoms with Crippen molar-refractivity contribution in [2.45, 2.75) is 13.5 Å². The van der Waals surface area contributed by atoms with E-state index in [4.69, 9.17) is 5.41 Å². The molecule has 0 unspecified atom stereocenters. The first-order chi connectivity index (χ1) is 9.19. The predicted molar refractivity (Wildman–Crippen MR) is 75.2 cm³/mol. The van der Waals surface area contributed by atoms with E-state index in [1.165, 1.54) is 0 Å². The van der Waals surface area contributed by atoms with Gasteiger partial charge in [-0.2, -0.15) is 0 Å². The second-order valence-corrected chi connectivity index (χ2v) is 4.31. The lowest BCUT2D eigenvalue weighted by atomic mass is 10.0. The molecule has 0 spiro atoms. The number of pyridine rings is 1. The lowest BCUT2D eigenvalue weighted by Gasteiger charge is -2.08. The number of hydrogen-bond acceptors (Lipinski definition) is 4. The van der Waals surface area contributed by atoms with E-state index in [1.807, 2.05) is 19.1 Å². The molecule has 1 aromatic heterocycles. The van der Waals surface area contributed by atoms with Gasteiger partial charge >= 0.3 is 0 Å². The van der Waals surface area contributed by atoms with Crippen LogP contribution in [0.4, 0.5) is 0 Å². The number of nitrogens with zero attached hydrogens (tertiary/aromatic N) is 1. The van der Waals surface area contributed by atoms with Crippen molar-refractivity contribution in [3.05, 3.63) is 65.2 Å². The molecule has 1 aliphatic rings. The molecule has 4 nitrogen and oxygen atoms in total. The molecule has 0 amide bonds. The SMILES string of the molecule is CC1=C/C(=C/NCc2cc(C=O)ccn2)C(=N)C=C1. The van der Waals surface area contributed by atoms with Gasteiger partial charge in [0.25, 0.3) is 0 Å². The third-order valence-corrected chi connectivity index (χ3v) is 2.72. The van der Waals surface area contributed by atoms with E-state index < -0.39 is 0 Å². The Morgan fingerprint density at radius 2 is 2.26 bits per heavy atom. The van der Waals surface area contributed by atoms with Crippen molar-refractivity contribution in [2.24, 2.45) is 0 Å². The topological polar surface area (TPSA) is 65.8 Å². The molecule has 0 aliphatic heterocycles. The lowest BCUT2D eigenvalue weighted by Crippen LogP contribution is -2.10. The van der Waals surface area contributed by atoms with Crippen LogP contribution in [0.1, 0.15) is 23.0 Å². The quantitative estimate of drug-likeness (QED) is 0.810. The van der Waals surface area contributed by atoms with E-state index in [0.29, 0.717) is 17.8 Å². The van der Waals surface area contributed by atoms with Gasteiger partial charge in [0.1, 0.15) is 6.29 Å². The monoisotopic (exact) mass is 253 g/mol. The van der Waals surface area contributed by atoms with Crippen LogP contribution in [0.15, 0.2) is 53.9 Å². The largest absolute Gasteiger partial charge is 0.385 e. The van der Waals surface area contributed by atoms with Crippen LogP contribution in [-0.2, 0) is 6.54 Å². The van der Waals surface area contributed by atoms with Crippen LogP contribution < -0.4 is 5.32 Å². The molecule has 0 fully saturated rings. The van der Waals surface area contributed by atoms with E-state index in [2.05, 4.69) is 10.3 Å². The summed E-state index contributed by atoms with van der Waals surface area (Å²) >= 11 is 0. The molecule has 0 saturated heterocycles. The highest BCUT2D eigenvalue weighted by Gasteiger charge is 2.04. The smallest absolute Gasteiger partial charge is 0.150 e. The molecular formula is C15H15N3O. The summed E-state index contributed by atoms with van der Waals surface area (Å²) in [5.74, 6) is 0. The third kappa shape index (κ3) is 3.48. The summed E-state index contributed by atoms with van der Waals surface area (Å²) in [6.07, 6.45) is 9.85. The van der Waals surface area contributed by atoms with Crippen LogP contribution in [0, 0.1) is 5.41 Å². The number of nitrogens with one attached hydrogen (secondary N) is 2. The van der Waals surface area contributed by atoms with Crippen molar-refractivity contribution in [2.75, 3.05) is 0 Å². The number of carbonyl (C=O) groups excluding carboxylic acids is 1. The Bertz CT molecular complexity index is 597. The van der Waals surface area contributed by atoms with E-state index in [0.717, 1.165) is 23.1 Å². The molecule has 0 atom stereocenters. The summed E-state index contributed by atoms with van der Waals surface area (Å²) < 4.78 is 0. The van der Waals surface area contributed by atoms with Gasteiger partial charge in [-0.3, -0.25) is 9.78 Å². The van der Waals surface area contributed by atoms with Gasteiger partial charge in [-0.1, -0.05) is 11.6 Å². The molecule has 1 aliphatic carbocycles. The standard InChI is InChI=1S/C15H15N3O/c1-11-2-3-15(16)13(6-11)8-17-9-14-7-12(10-19)4-5-18-14/h2-8,10,16-17H,9H2,1H3/b13-8-,16-15?. The molecule has 4 heteroatoms. The number of hydrogen-bond donors (Lipinski definition) is 2. The first-order valence-corrected chi connectivity index (χ1v) is 5.98. The van der Waals surface area contributed by atoms with Crippen molar-refractivity contribution in [3.8, 4) is 0 Å². The highest BCUT2D eigenvalue weighted by molar-refractivity contribution is 6.09. The van der Waals surface area contributed by atoms with Crippen LogP contribution in [-0.4, -0.2) is 17.0 Å². The zero-order chi connectivity index (χ0) is 13.7. The van der Waals surface area contributed by atoms with Gasteiger partial charge in [0.2, 0.25) is 0 Å². The van der Waals surface area contributed by atoms with E-state index in [-0.39, 0.29) is 0 Å². The molecule has 1 aromatic rings. The molecule has 2 rings (SSSR count). The van der Waals surface area contributed by atoms with Crippen LogP contribution in [0.5, 0.6) is 0 Å². The van der Waals surface area contributed by atoms with Gasteiger partial charge in [-0.05, 0) is 31.2 Å². The molecule has 0 bridgehead atoms. The fourth-order valence-electron chi connectivity index (χ4n) is 1.73. The summed E-state index contributed by atoms with van der Waals surface area (Å²) in [5, 5.41) is 10.9. The maximum absolute atomic E-state index is 10.7. The molecule has 19 heavy (non-hydrogen) atoms. The Kier molecular flexibility index (Phi) is 4.03. The molecule has 2 N–H and O–H groups in total. The van der Waals surface area contributed by atoms with Crippen LogP contribution in [0.25, 0.3) is 0 Å². The lowest BCUT2D eigenvalue weighted by molar-refractivity contribution is 0.112. The van der Waals surface area contributed by atoms with Gasteiger partial charge < -0.3 is 10.7 Å². The second-order valence-electron chi connectivity index (χ2n) is 4.31. The number of carbonyl (C=O) groups is 1. The van der Waals surface area contributed by atoms with Gasteiger partial charge in [-0.15, -0.1) is 0 Å². The minimum Gasteiger partial charge on any atom is -0.385 e. The molecular weight excluding hydrogens is 238 g/mol. The van der Waals surface area contributed by atoms with Crippen molar-refractivity contribution in [1.29, 1.82) is 5.41 Å². The number of aromatic nitrogens is 1. The summed E-state index contributed by atoms with van der Waals surface area (Å²) in [4.78, 5) is 14.8. The first-order valence-electron chi connectivity index (χ1n) is 5.98. The molecule has 0 saturated carbocycles. The molecule has 0 radical (unpaired) electrons. The summed E-state index contributed by atoms with van der Waals surface area (Å²) in [5.41, 5.74) is 3.84. The summed E-state index contributed by atoms with van der Waals surface area (Å²) in [6.45, 7) is 2.51. The van der Waals surface area contributed by atoms with Crippen molar-refractivity contribution >= 4 is 12.0 Å². The van der Waals surface area contributed by atoms with Crippen LogP contribution in [0.3, 0.4) is 0 Å². The minimum atomic E-state index is 0.479. The minimum absolute atomic E-state index is 0.479. The fourth-order valence-corrected chi connectivity index (χ4v) is 1.73. The Labute approximate surface area is 112 Å².